The average Bonchev–Trinajstić information content (AvgIpc) is 1.02. The molecule has 0 spiro atoms. The Morgan fingerprint density at radius 1 is 0.320 bits per heavy atom. The van der Waals surface area contributed by atoms with Gasteiger partial charge in [0.2, 0.25) is 0 Å². The van der Waals surface area contributed by atoms with Gasteiger partial charge >= 0.3 is 19.8 Å². The maximum atomic E-state index is 12.9. The summed E-state index contributed by atoms with van der Waals surface area (Å²) in [6.45, 7) is 4.32. The van der Waals surface area contributed by atoms with E-state index in [1.807, 2.05) is 21.1 Å². The molecule has 1 N–H and O–H groups in total. The Kier molecular flexibility index (Phi) is 75.8. The Hall–Kier alpha value is -4.11. The molecule has 0 fully saturated rings. The van der Waals surface area contributed by atoms with Crippen molar-refractivity contribution in [2.45, 2.75) is 367 Å². The minimum atomic E-state index is -4.41. The third-order valence-electron chi connectivity index (χ3n) is 17.9. The van der Waals surface area contributed by atoms with Crippen LogP contribution in [0.1, 0.15) is 361 Å². The largest absolute Gasteiger partial charge is 0.472 e. The molecule has 0 aromatic rings. The fourth-order valence-electron chi connectivity index (χ4n) is 11.5. The van der Waals surface area contributed by atoms with Gasteiger partial charge in [-0.1, -0.05) is 372 Å². The first-order valence-electron chi connectivity index (χ1n) is 41.6. The van der Waals surface area contributed by atoms with E-state index in [9.17, 15) is 19.0 Å². The molecule has 0 aliphatic heterocycles. The van der Waals surface area contributed by atoms with Crippen molar-refractivity contribution in [2.75, 3.05) is 47.5 Å². The van der Waals surface area contributed by atoms with E-state index in [1.165, 1.54) is 199 Å². The van der Waals surface area contributed by atoms with Crippen LogP contribution < -0.4 is 0 Å². The van der Waals surface area contributed by atoms with Crippen molar-refractivity contribution < 1.29 is 42.1 Å². The summed E-state index contributed by atoms with van der Waals surface area (Å²) in [5.74, 6) is -0.809. The highest BCUT2D eigenvalue weighted by atomic mass is 31.2. The predicted octanol–water partition coefficient (Wildman–Crippen LogP) is 28.1. The van der Waals surface area contributed by atoms with Crippen molar-refractivity contribution in [2.24, 2.45) is 0 Å². The summed E-state index contributed by atoms with van der Waals surface area (Å²) < 4.78 is 34.8. The molecule has 0 saturated heterocycles. The highest BCUT2D eigenvalue weighted by Crippen LogP contribution is 2.43. The number of esters is 2. The number of likely N-dealkylation sites (N-methyl/N-ethyl adjacent to an activating group) is 1. The van der Waals surface area contributed by atoms with Gasteiger partial charge in [0.25, 0.3) is 0 Å². The lowest BCUT2D eigenvalue weighted by Crippen LogP contribution is -2.37. The Labute approximate surface area is 618 Å². The zero-order chi connectivity index (χ0) is 72.5. The van der Waals surface area contributed by atoms with Crippen molar-refractivity contribution in [1.82, 2.24) is 0 Å². The summed E-state index contributed by atoms with van der Waals surface area (Å²) in [5.41, 5.74) is 0. The normalized spacial score (nSPS) is 13.8. The van der Waals surface area contributed by atoms with E-state index in [0.29, 0.717) is 17.4 Å². The number of phosphoric ester groups is 1. The summed E-state index contributed by atoms with van der Waals surface area (Å²) >= 11 is 0. The molecule has 2 atom stereocenters. The SMILES string of the molecule is CC/C=C\C/C=C\C/C=C\C/C=C\C/C=C\C/C=C\C/C=C\C/C=C\C/C=C\C/C=C\CCCCCCCCC(=O)OC(COC(=O)CCCCCCCCCCCCCCCCCCCCCCCCCCCCC/C=C\C/C=C\CCCCCCC)COP(=O)(O)OCC[N+](C)(C)C. The van der Waals surface area contributed by atoms with Gasteiger partial charge in [-0.05, 0) is 122 Å². The quantitative estimate of drug-likeness (QED) is 0.0211. The van der Waals surface area contributed by atoms with Crippen LogP contribution in [0.5, 0.6) is 0 Å². The standard InChI is InChI=1S/C90H156NO8P/c1-6-8-10-12-14-16-18-20-22-24-26-28-30-32-34-36-38-40-42-44-45-47-48-50-52-54-56-58-60-62-64-66-68-70-72-74-76-78-80-82-89(92)96-86-88(87-98-100(94,95)97-85-84-91(3,4)5)99-90(93)83-81-79-77-75-73-71-69-67-65-63-61-59-57-55-53-51-49-46-43-41-39-37-35-33-31-29-27-25-23-21-19-17-15-13-11-9-7-2/h9,11,15,17-18,20-21,23-24,26-27,29,33,35,39,41,46,49,53,55,59,61,65,67,88H,6-8,10,12-14,16,19,22,25,28,30-32,34,36-38,40,42-45,47-48,50-52,54,56-58,60,62-64,66,68-87H2,1-5H3/p+1/b11-9-,17-15-,20-18-,23-21-,26-24-,29-27-,35-33-,41-39-,49-46-,55-53-,61-59-,67-65-. The first-order valence-corrected chi connectivity index (χ1v) is 43.1. The molecule has 574 valence electrons. The molecule has 0 rings (SSSR count). The molecule has 2 unspecified atom stereocenters. The number of nitrogens with zero attached hydrogens (tertiary/aromatic N) is 1. The first-order chi connectivity index (χ1) is 49.0. The van der Waals surface area contributed by atoms with Crippen LogP contribution in [0, 0.1) is 0 Å². The van der Waals surface area contributed by atoms with Gasteiger partial charge in [-0.15, -0.1) is 0 Å². The Morgan fingerprint density at radius 2 is 0.570 bits per heavy atom. The molecule has 0 radical (unpaired) electrons. The molecule has 0 amide bonds. The number of rotatable bonds is 76. The van der Waals surface area contributed by atoms with Crippen molar-refractivity contribution >= 4 is 19.8 Å². The van der Waals surface area contributed by atoms with E-state index in [2.05, 4.69) is 160 Å². The lowest BCUT2D eigenvalue weighted by Gasteiger charge is -2.24. The summed E-state index contributed by atoms with van der Waals surface area (Å²) in [6.07, 6.45) is 117. The lowest BCUT2D eigenvalue weighted by molar-refractivity contribution is -0.870. The smallest absolute Gasteiger partial charge is 0.462 e. The number of quaternary nitrogens is 1. The second kappa shape index (κ2) is 79.0. The third-order valence-corrected chi connectivity index (χ3v) is 18.8. The summed E-state index contributed by atoms with van der Waals surface area (Å²) in [4.78, 5) is 36.0. The minimum Gasteiger partial charge on any atom is -0.462 e. The average molecular weight is 1410 g/mol. The van der Waals surface area contributed by atoms with E-state index in [1.54, 1.807) is 0 Å². The molecule has 0 heterocycles. The fourth-order valence-corrected chi connectivity index (χ4v) is 12.3. The van der Waals surface area contributed by atoms with Gasteiger partial charge in [0.1, 0.15) is 19.8 Å². The van der Waals surface area contributed by atoms with Crippen LogP contribution in [0.25, 0.3) is 0 Å². The summed E-state index contributed by atoms with van der Waals surface area (Å²) in [7, 11) is 1.46. The Bertz CT molecular complexity index is 2210. The second-order valence-electron chi connectivity index (χ2n) is 28.8. The Balaban J connectivity index is 4.00. The lowest BCUT2D eigenvalue weighted by atomic mass is 10.0. The van der Waals surface area contributed by atoms with Crippen LogP contribution in [0.4, 0.5) is 0 Å². The molecule has 0 aromatic carbocycles. The molecule has 0 aromatic heterocycles. The van der Waals surface area contributed by atoms with Crippen LogP contribution in [-0.4, -0.2) is 74.9 Å². The predicted molar refractivity (Wildman–Crippen MR) is 436 cm³/mol. The molecule has 0 aliphatic rings. The molecule has 0 aliphatic carbocycles. The number of ether oxygens (including phenoxy) is 2. The highest BCUT2D eigenvalue weighted by molar-refractivity contribution is 7.47. The van der Waals surface area contributed by atoms with Crippen LogP contribution in [-0.2, 0) is 32.7 Å². The number of hydrogen-bond donors (Lipinski definition) is 1. The second-order valence-corrected chi connectivity index (χ2v) is 30.2. The number of unbranched alkanes of at least 4 members (excludes halogenated alkanes) is 38. The van der Waals surface area contributed by atoms with Gasteiger partial charge in [-0.3, -0.25) is 18.6 Å². The van der Waals surface area contributed by atoms with Gasteiger partial charge in [0.05, 0.1) is 27.7 Å². The molecule has 0 saturated carbocycles. The summed E-state index contributed by atoms with van der Waals surface area (Å²) in [6, 6.07) is 0. The molecule has 10 heteroatoms. The molecular formula is C90H157NO8P+. The van der Waals surface area contributed by atoms with Crippen molar-refractivity contribution in [1.29, 1.82) is 0 Å². The number of allylic oxidation sites excluding steroid dienone is 24. The zero-order valence-electron chi connectivity index (χ0n) is 65.6. The molecular weight excluding hydrogens is 1250 g/mol. The monoisotopic (exact) mass is 1410 g/mol. The van der Waals surface area contributed by atoms with Gasteiger partial charge in [-0.2, -0.15) is 0 Å². The maximum absolute atomic E-state index is 12.9. The van der Waals surface area contributed by atoms with Crippen LogP contribution in [0.3, 0.4) is 0 Å². The van der Waals surface area contributed by atoms with Gasteiger partial charge in [0, 0.05) is 12.8 Å². The fraction of sp³-hybridized carbons (Fsp3) is 0.711. The van der Waals surface area contributed by atoms with Crippen LogP contribution in [0.15, 0.2) is 146 Å². The molecule has 0 bridgehead atoms. The topological polar surface area (TPSA) is 108 Å². The van der Waals surface area contributed by atoms with E-state index >= 15 is 0 Å². The van der Waals surface area contributed by atoms with E-state index in [0.717, 1.165) is 128 Å². The van der Waals surface area contributed by atoms with Crippen LogP contribution >= 0.6 is 7.82 Å². The number of carbonyl (C=O) groups excluding carboxylic acids is 2. The molecule has 100 heavy (non-hydrogen) atoms. The highest BCUT2D eigenvalue weighted by Gasteiger charge is 2.27. The minimum absolute atomic E-state index is 0.0232. The van der Waals surface area contributed by atoms with Gasteiger partial charge in [-0.25, -0.2) is 4.57 Å². The van der Waals surface area contributed by atoms with Gasteiger partial charge < -0.3 is 18.9 Å². The Morgan fingerprint density at radius 3 is 0.850 bits per heavy atom. The van der Waals surface area contributed by atoms with Crippen molar-refractivity contribution in [3.8, 4) is 0 Å². The van der Waals surface area contributed by atoms with Crippen molar-refractivity contribution in [3.63, 3.8) is 0 Å². The number of phosphoric acid groups is 1. The number of carbonyl (C=O) groups is 2. The maximum Gasteiger partial charge on any atom is 0.472 e. The van der Waals surface area contributed by atoms with Gasteiger partial charge in [0.15, 0.2) is 6.10 Å². The molecule has 9 nitrogen and oxygen atoms in total. The first kappa shape index (κ1) is 95.9. The van der Waals surface area contributed by atoms with E-state index in [4.69, 9.17) is 18.5 Å². The van der Waals surface area contributed by atoms with E-state index < -0.39 is 26.5 Å². The third kappa shape index (κ3) is 82.8. The number of hydrogen-bond acceptors (Lipinski definition) is 7. The van der Waals surface area contributed by atoms with Crippen LogP contribution in [0.2, 0.25) is 0 Å². The van der Waals surface area contributed by atoms with E-state index in [-0.39, 0.29) is 32.0 Å². The summed E-state index contributed by atoms with van der Waals surface area (Å²) in [5, 5.41) is 0. The van der Waals surface area contributed by atoms with Crippen molar-refractivity contribution in [3.05, 3.63) is 146 Å². The zero-order valence-corrected chi connectivity index (χ0v) is 66.5.